The van der Waals surface area contributed by atoms with Crippen LogP contribution in [-0.4, -0.2) is 18.9 Å². The molecule has 74 valence electrons. The number of carbonyl (C=O) groups is 1. The van der Waals surface area contributed by atoms with Crippen molar-refractivity contribution in [1.82, 2.24) is 5.32 Å². The monoisotopic (exact) mass is 205 g/mol. The van der Waals surface area contributed by atoms with Gasteiger partial charge in [-0.2, -0.15) is 8.42 Å². The minimum Gasteiger partial charge on any atom is -0.325 e. The predicted molar refractivity (Wildman–Crippen MR) is 48.3 cm³/mol. The van der Waals surface area contributed by atoms with E-state index in [1.165, 1.54) is 0 Å². The molecule has 0 aliphatic heterocycles. The van der Waals surface area contributed by atoms with Gasteiger partial charge in [-0.1, -0.05) is 13.5 Å². The summed E-state index contributed by atoms with van der Waals surface area (Å²) < 4.78 is 29.2. The molecule has 0 aliphatic carbocycles. The van der Waals surface area contributed by atoms with Gasteiger partial charge in [0.05, 0.1) is 5.41 Å². The molecule has 0 saturated carbocycles. The highest BCUT2D eigenvalue weighted by Crippen LogP contribution is 1.99. The zero-order valence-electron chi connectivity index (χ0n) is 7.15. The third-order valence-corrected chi connectivity index (χ3v) is 1.72. The molecule has 13 heavy (non-hydrogen) atoms. The summed E-state index contributed by atoms with van der Waals surface area (Å²) in [6, 6.07) is 0. The predicted octanol–water partition coefficient (Wildman–Crippen LogP) is 0.428. The number of rotatable bonds is 4. The van der Waals surface area contributed by atoms with E-state index < -0.39 is 16.0 Å². The van der Waals surface area contributed by atoms with Crippen LogP contribution in [0.1, 0.15) is 13.3 Å². The highest BCUT2D eigenvalue weighted by atomic mass is 32.2. The van der Waals surface area contributed by atoms with Crippen LogP contribution in [0.3, 0.4) is 0 Å². The maximum atomic E-state index is 10.7. The normalized spacial score (nSPS) is 12.3. The molecule has 0 unspecified atom stereocenters. The second kappa shape index (κ2) is 4.78. The smallest absolute Gasteiger partial charge is 0.289 e. The first-order chi connectivity index (χ1) is 5.89. The summed E-state index contributed by atoms with van der Waals surface area (Å²) in [6.07, 6.45) is 1.30. The second-order valence-electron chi connectivity index (χ2n) is 2.20. The Balaban J connectivity index is 4.63. The van der Waals surface area contributed by atoms with Crippen LogP contribution in [0.5, 0.6) is 0 Å². The van der Waals surface area contributed by atoms with E-state index in [0.29, 0.717) is 11.8 Å². The lowest BCUT2D eigenvalue weighted by Gasteiger charge is -2.03. The molecule has 2 N–H and O–H groups in total. The van der Waals surface area contributed by atoms with Crippen molar-refractivity contribution in [2.75, 3.05) is 0 Å². The number of amides is 1. The van der Waals surface area contributed by atoms with E-state index in [-0.39, 0.29) is 5.70 Å². The maximum absolute atomic E-state index is 10.7. The third kappa shape index (κ3) is 6.06. The van der Waals surface area contributed by atoms with E-state index in [9.17, 15) is 13.2 Å². The van der Waals surface area contributed by atoms with Crippen molar-refractivity contribution >= 4 is 16.0 Å². The van der Waals surface area contributed by atoms with Gasteiger partial charge in [-0.15, -0.1) is 0 Å². The molecular formula is C7H11NO4S. The van der Waals surface area contributed by atoms with E-state index in [1.807, 2.05) is 0 Å². The average molecular weight is 205 g/mol. The topological polar surface area (TPSA) is 83.5 Å². The third-order valence-electron chi connectivity index (χ3n) is 1.14. The zero-order chi connectivity index (χ0) is 10.5. The first kappa shape index (κ1) is 11.9. The molecule has 6 heteroatoms. The SMILES string of the molecule is C=CC(=O)NC(=CS(=O)(=O)O)CC. The molecule has 0 rings (SSSR count). The van der Waals surface area contributed by atoms with Gasteiger partial charge < -0.3 is 5.32 Å². The van der Waals surface area contributed by atoms with Crippen LogP contribution < -0.4 is 5.32 Å². The van der Waals surface area contributed by atoms with Crippen LogP contribution in [0.4, 0.5) is 0 Å². The van der Waals surface area contributed by atoms with E-state index in [1.54, 1.807) is 6.92 Å². The Morgan fingerprint density at radius 3 is 2.46 bits per heavy atom. The zero-order valence-corrected chi connectivity index (χ0v) is 7.97. The molecular weight excluding hydrogens is 194 g/mol. The van der Waals surface area contributed by atoms with Gasteiger partial charge in [0.2, 0.25) is 5.91 Å². The Morgan fingerprint density at radius 2 is 2.15 bits per heavy atom. The Hall–Kier alpha value is -1.14. The fraction of sp³-hybridized carbons (Fsp3) is 0.286. The summed E-state index contributed by atoms with van der Waals surface area (Å²) >= 11 is 0. The first-order valence-electron chi connectivity index (χ1n) is 3.50. The standard InChI is InChI=1S/C7H11NO4S/c1-3-6(5-13(10,11)12)8-7(9)4-2/h4-5H,2-3H2,1H3,(H,8,9)(H,10,11,12). The molecule has 1 amide bonds. The number of nitrogens with one attached hydrogen (secondary N) is 1. The summed E-state index contributed by atoms with van der Waals surface area (Å²) in [7, 11) is -4.20. The van der Waals surface area contributed by atoms with Crippen LogP contribution in [0.2, 0.25) is 0 Å². The van der Waals surface area contributed by atoms with Crippen LogP contribution in [0.15, 0.2) is 23.8 Å². The average Bonchev–Trinajstić information content (AvgIpc) is 2.00. The molecule has 0 saturated heterocycles. The first-order valence-corrected chi connectivity index (χ1v) is 5.01. The van der Waals surface area contributed by atoms with Crippen LogP contribution >= 0.6 is 0 Å². The van der Waals surface area contributed by atoms with E-state index in [4.69, 9.17) is 4.55 Å². The maximum Gasteiger partial charge on any atom is 0.289 e. The molecule has 0 bridgehead atoms. The second-order valence-corrected chi connectivity index (χ2v) is 3.47. The summed E-state index contributed by atoms with van der Waals surface area (Å²) in [5.41, 5.74) is 0.118. The van der Waals surface area contributed by atoms with E-state index in [0.717, 1.165) is 6.08 Å². The van der Waals surface area contributed by atoms with Crippen molar-refractivity contribution in [2.24, 2.45) is 0 Å². The lowest BCUT2D eigenvalue weighted by molar-refractivity contribution is -0.115. The Labute approximate surface area is 76.9 Å². The van der Waals surface area contributed by atoms with Gasteiger partial charge in [0, 0.05) is 5.70 Å². The van der Waals surface area contributed by atoms with Gasteiger partial charge in [-0.05, 0) is 12.5 Å². The van der Waals surface area contributed by atoms with Gasteiger partial charge in [-0.3, -0.25) is 9.35 Å². The summed E-state index contributed by atoms with van der Waals surface area (Å²) in [6.45, 7) is 4.83. The van der Waals surface area contributed by atoms with Crippen molar-refractivity contribution in [2.45, 2.75) is 13.3 Å². The van der Waals surface area contributed by atoms with E-state index in [2.05, 4.69) is 11.9 Å². The van der Waals surface area contributed by atoms with Gasteiger partial charge in [0.1, 0.15) is 0 Å². The van der Waals surface area contributed by atoms with Crippen molar-refractivity contribution in [3.8, 4) is 0 Å². The Morgan fingerprint density at radius 1 is 1.62 bits per heavy atom. The van der Waals surface area contributed by atoms with Crippen molar-refractivity contribution in [3.05, 3.63) is 23.8 Å². The molecule has 0 aromatic carbocycles. The van der Waals surface area contributed by atoms with Crippen LogP contribution in [0.25, 0.3) is 0 Å². The summed E-state index contributed by atoms with van der Waals surface area (Å²) in [5.74, 6) is -0.517. The number of carbonyl (C=O) groups excluding carboxylic acids is 1. The quantitative estimate of drug-likeness (QED) is 0.515. The lowest BCUT2D eigenvalue weighted by atomic mass is 10.4. The highest BCUT2D eigenvalue weighted by Gasteiger charge is 2.04. The van der Waals surface area contributed by atoms with Gasteiger partial charge in [0.15, 0.2) is 0 Å². The van der Waals surface area contributed by atoms with Gasteiger partial charge >= 0.3 is 0 Å². The van der Waals surface area contributed by atoms with Crippen molar-refractivity contribution < 1.29 is 17.8 Å². The largest absolute Gasteiger partial charge is 0.325 e. The van der Waals surface area contributed by atoms with Crippen LogP contribution in [-0.2, 0) is 14.9 Å². The Kier molecular flexibility index (Phi) is 4.36. The highest BCUT2D eigenvalue weighted by molar-refractivity contribution is 7.88. The minimum absolute atomic E-state index is 0.118. The van der Waals surface area contributed by atoms with Crippen molar-refractivity contribution in [3.63, 3.8) is 0 Å². The summed E-state index contributed by atoms with van der Waals surface area (Å²) in [5, 5.41) is 2.83. The summed E-state index contributed by atoms with van der Waals surface area (Å²) in [4.78, 5) is 10.7. The molecule has 0 fully saturated rings. The Bertz CT molecular complexity index is 328. The fourth-order valence-corrected chi connectivity index (χ4v) is 1.18. The molecule has 0 heterocycles. The van der Waals surface area contributed by atoms with E-state index >= 15 is 0 Å². The van der Waals surface area contributed by atoms with Gasteiger partial charge in [-0.25, -0.2) is 0 Å². The number of hydrogen-bond acceptors (Lipinski definition) is 3. The number of allylic oxidation sites excluding steroid dienone is 1. The molecule has 0 atom stereocenters. The van der Waals surface area contributed by atoms with Crippen LogP contribution in [0, 0.1) is 0 Å². The molecule has 5 nitrogen and oxygen atoms in total. The van der Waals surface area contributed by atoms with Gasteiger partial charge in [0.25, 0.3) is 10.1 Å². The minimum atomic E-state index is -4.20. The van der Waals surface area contributed by atoms with Crippen molar-refractivity contribution in [1.29, 1.82) is 0 Å². The molecule has 0 radical (unpaired) electrons. The number of hydrogen-bond donors (Lipinski definition) is 2. The molecule has 0 aromatic rings. The molecule has 0 aliphatic rings. The molecule has 0 spiro atoms. The fourth-order valence-electron chi connectivity index (χ4n) is 0.590. The molecule has 0 aromatic heterocycles. The lowest BCUT2D eigenvalue weighted by Crippen LogP contribution is -2.20.